The highest BCUT2D eigenvalue weighted by molar-refractivity contribution is 5.27. The number of hydrogen-bond acceptors (Lipinski definition) is 3. The molecule has 2 fully saturated rings. The number of piperidine rings is 1. The summed E-state index contributed by atoms with van der Waals surface area (Å²) in [7, 11) is 0. The summed E-state index contributed by atoms with van der Waals surface area (Å²) in [5, 5.41) is 7.41. The van der Waals surface area contributed by atoms with E-state index in [1.807, 2.05) is 0 Å². The molecule has 0 spiro atoms. The van der Waals surface area contributed by atoms with Crippen LogP contribution >= 0.6 is 0 Å². The SMILES string of the molecule is CC1(NCC2(c3ccccc3)CCNCC2)CCOCC1. The Labute approximate surface area is 128 Å². The molecular formula is C18H28N2O. The third-order valence-electron chi connectivity index (χ3n) is 5.40. The van der Waals surface area contributed by atoms with E-state index in [0.717, 1.165) is 45.7 Å². The Morgan fingerprint density at radius 3 is 2.38 bits per heavy atom. The van der Waals surface area contributed by atoms with Gasteiger partial charge in [0.25, 0.3) is 0 Å². The first kappa shape index (κ1) is 15.0. The van der Waals surface area contributed by atoms with Crippen LogP contribution in [0.4, 0.5) is 0 Å². The lowest BCUT2D eigenvalue weighted by molar-refractivity contribution is 0.0417. The molecule has 3 nitrogen and oxygen atoms in total. The molecule has 21 heavy (non-hydrogen) atoms. The third-order valence-corrected chi connectivity index (χ3v) is 5.40. The molecule has 0 amide bonds. The number of nitrogens with one attached hydrogen (secondary N) is 2. The molecule has 3 heteroatoms. The van der Waals surface area contributed by atoms with E-state index in [1.165, 1.54) is 18.4 Å². The van der Waals surface area contributed by atoms with E-state index in [9.17, 15) is 0 Å². The number of rotatable bonds is 4. The molecule has 2 aliphatic heterocycles. The zero-order chi connectivity index (χ0) is 14.6. The predicted molar refractivity (Wildman–Crippen MR) is 86.7 cm³/mol. The normalized spacial score (nSPS) is 24.6. The third kappa shape index (κ3) is 3.47. The summed E-state index contributed by atoms with van der Waals surface area (Å²) in [6.07, 6.45) is 4.68. The highest BCUT2D eigenvalue weighted by Gasteiger charge is 2.36. The van der Waals surface area contributed by atoms with Crippen LogP contribution in [-0.2, 0) is 10.2 Å². The Hall–Kier alpha value is -0.900. The van der Waals surface area contributed by atoms with Gasteiger partial charge in [-0.2, -0.15) is 0 Å². The second kappa shape index (κ2) is 6.47. The van der Waals surface area contributed by atoms with Gasteiger partial charge in [-0.1, -0.05) is 30.3 Å². The number of ether oxygens (including phenoxy) is 1. The molecule has 0 unspecified atom stereocenters. The largest absolute Gasteiger partial charge is 0.381 e. The van der Waals surface area contributed by atoms with Gasteiger partial charge in [-0.25, -0.2) is 0 Å². The maximum atomic E-state index is 5.52. The molecule has 0 saturated carbocycles. The molecule has 2 aliphatic rings. The minimum atomic E-state index is 0.241. The van der Waals surface area contributed by atoms with Gasteiger partial charge in [0.2, 0.25) is 0 Å². The molecule has 2 N–H and O–H groups in total. The maximum Gasteiger partial charge on any atom is 0.0483 e. The van der Waals surface area contributed by atoms with Crippen molar-refractivity contribution in [1.82, 2.24) is 10.6 Å². The summed E-state index contributed by atoms with van der Waals surface area (Å²) in [6, 6.07) is 11.1. The van der Waals surface area contributed by atoms with E-state index in [-0.39, 0.29) is 11.0 Å². The van der Waals surface area contributed by atoms with Crippen LogP contribution in [0.1, 0.15) is 38.2 Å². The fourth-order valence-corrected chi connectivity index (χ4v) is 3.65. The maximum absolute atomic E-state index is 5.52. The summed E-state index contributed by atoms with van der Waals surface area (Å²) in [5.41, 5.74) is 2.02. The Bertz CT molecular complexity index is 434. The second-order valence-corrected chi connectivity index (χ2v) is 6.92. The quantitative estimate of drug-likeness (QED) is 0.893. The monoisotopic (exact) mass is 288 g/mol. The highest BCUT2D eigenvalue weighted by Crippen LogP contribution is 2.34. The molecule has 116 valence electrons. The van der Waals surface area contributed by atoms with Gasteiger partial charge >= 0.3 is 0 Å². The van der Waals surface area contributed by atoms with E-state index >= 15 is 0 Å². The summed E-state index contributed by atoms with van der Waals surface area (Å²) >= 11 is 0. The minimum absolute atomic E-state index is 0.241. The molecule has 2 saturated heterocycles. The van der Waals surface area contributed by atoms with Crippen molar-refractivity contribution in [2.24, 2.45) is 0 Å². The Morgan fingerprint density at radius 1 is 1.05 bits per heavy atom. The zero-order valence-corrected chi connectivity index (χ0v) is 13.2. The molecule has 2 heterocycles. The topological polar surface area (TPSA) is 33.3 Å². The van der Waals surface area contributed by atoms with Crippen LogP contribution in [0.25, 0.3) is 0 Å². The van der Waals surface area contributed by atoms with Crippen molar-refractivity contribution >= 4 is 0 Å². The minimum Gasteiger partial charge on any atom is -0.381 e. The van der Waals surface area contributed by atoms with Crippen LogP contribution in [0.2, 0.25) is 0 Å². The summed E-state index contributed by atoms with van der Waals surface area (Å²) in [5.74, 6) is 0. The summed E-state index contributed by atoms with van der Waals surface area (Å²) < 4.78 is 5.52. The number of benzene rings is 1. The average Bonchev–Trinajstić information content (AvgIpc) is 2.56. The van der Waals surface area contributed by atoms with Crippen LogP contribution in [0, 0.1) is 0 Å². The molecule has 0 aromatic heterocycles. The van der Waals surface area contributed by atoms with Crippen molar-refractivity contribution in [3.8, 4) is 0 Å². The van der Waals surface area contributed by atoms with Crippen LogP contribution in [0.5, 0.6) is 0 Å². The molecule has 1 aromatic rings. The molecule has 0 aliphatic carbocycles. The fourth-order valence-electron chi connectivity index (χ4n) is 3.65. The van der Waals surface area contributed by atoms with E-state index in [2.05, 4.69) is 47.9 Å². The van der Waals surface area contributed by atoms with Gasteiger partial charge in [-0.05, 0) is 51.3 Å². The van der Waals surface area contributed by atoms with Crippen molar-refractivity contribution < 1.29 is 4.74 Å². The van der Waals surface area contributed by atoms with Gasteiger partial charge in [0.15, 0.2) is 0 Å². The van der Waals surface area contributed by atoms with Gasteiger partial charge in [-0.15, -0.1) is 0 Å². The van der Waals surface area contributed by atoms with E-state index < -0.39 is 0 Å². The van der Waals surface area contributed by atoms with E-state index in [4.69, 9.17) is 4.74 Å². The Balaban J connectivity index is 1.74. The van der Waals surface area contributed by atoms with Gasteiger partial charge in [0.05, 0.1) is 0 Å². The van der Waals surface area contributed by atoms with Gasteiger partial charge in [0, 0.05) is 30.7 Å². The summed E-state index contributed by atoms with van der Waals surface area (Å²) in [4.78, 5) is 0. The Morgan fingerprint density at radius 2 is 1.71 bits per heavy atom. The van der Waals surface area contributed by atoms with Gasteiger partial charge in [-0.3, -0.25) is 0 Å². The van der Waals surface area contributed by atoms with Crippen LogP contribution in [0.15, 0.2) is 30.3 Å². The predicted octanol–water partition coefficient (Wildman–Crippen LogP) is 2.47. The Kier molecular flexibility index (Phi) is 4.63. The van der Waals surface area contributed by atoms with Gasteiger partial charge in [0.1, 0.15) is 0 Å². The lowest BCUT2D eigenvalue weighted by Gasteiger charge is -2.43. The van der Waals surface area contributed by atoms with Crippen molar-refractivity contribution in [3.05, 3.63) is 35.9 Å². The molecule has 0 bridgehead atoms. The summed E-state index contributed by atoms with van der Waals surface area (Å²) in [6.45, 7) is 7.46. The molecule has 1 aromatic carbocycles. The first-order valence-corrected chi connectivity index (χ1v) is 8.32. The van der Waals surface area contributed by atoms with E-state index in [1.54, 1.807) is 0 Å². The van der Waals surface area contributed by atoms with Gasteiger partial charge < -0.3 is 15.4 Å². The van der Waals surface area contributed by atoms with Crippen LogP contribution in [-0.4, -0.2) is 38.4 Å². The highest BCUT2D eigenvalue weighted by atomic mass is 16.5. The van der Waals surface area contributed by atoms with Crippen molar-refractivity contribution in [3.63, 3.8) is 0 Å². The van der Waals surface area contributed by atoms with Crippen LogP contribution < -0.4 is 10.6 Å². The smallest absolute Gasteiger partial charge is 0.0483 e. The standard InChI is InChI=1S/C18H28N2O/c1-17(9-13-21-14-10-17)20-15-18(7-11-19-12-8-18)16-5-3-2-4-6-16/h2-6,19-20H,7-15H2,1H3. The fraction of sp³-hybridized carbons (Fsp3) is 0.667. The molecule has 3 rings (SSSR count). The molecule has 0 atom stereocenters. The van der Waals surface area contributed by atoms with Crippen molar-refractivity contribution in [2.75, 3.05) is 32.8 Å². The number of hydrogen-bond donors (Lipinski definition) is 2. The molecular weight excluding hydrogens is 260 g/mol. The first-order valence-electron chi connectivity index (χ1n) is 8.32. The lowest BCUT2D eigenvalue weighted by atomic mass is 9.72. The average molecular weight is 288 g/mol. The van der Waals surface area contributed by atoms with Crippen LogP contribution in [0.3, 0.4) is 0 Å². The first-order chi connectivity index (χ1) is 10.2. The second-order valence-electron chi connectivity index (χ2n) is 6.92. The van der Waals surface area contributed by atoms with Crippen molar-refractivity contribution in [1.29, 1.82) is 0 Å². The van der Waals surface area contributed by atoms with Crippen molar-refractivity contribution in [2.45, 2.75) is 43.6 Å². The lowest BCUT2D eigenvalue weighted by Crippen LogP contribution is -2.54. The zero-order valence-electron chi connectivity index (χ0n) is 13.2. The molecule has 0 radical (unpaired) electrons. The van der Waals surface area contributed by atoms with E-state index in [0.29, 0.717) is 0 Å².